The van der Waals surface area contributed by atoms with Gasteiger partial charge in [-0.15, -0.1) is 0 Å². The summed E-state index contributed by atoms with van der Waals surface area (Å²) in [5, 5.41) is 14.6. The van der Waals surface area contributed by atoms with Crippen LogP contribution in [0.15, 0.2) is 42.6 Å². The summed E-state index contributed by atoms with van der Waals surface area (Å²) < 4.78 is 15.8. The van der Waals surface area contributed by atoms with Gasteiger partial charge in [0.1, 0.15) is 6.17 Å². The number of rotatable bonds is 7. The van der Waals surface area contributed by atoms with E-state index in [1.165, 1.54) is 0 Å². The van der Waals surface area contributed by atoms with Gasteiger partial charge in [0, 0.05) is 45.5 Å². The molecule has 136 valence electrons. The Kier molecular flexibility index (Phi) is 5.83. The van der Waals surface area contributed by atoms with Crippen LogP contribution in [0.1, 0.15) is 23.8 Å². The standard InChI is InChI=1S/C19H27FN4O/c1-22(14-19(25)15-6-4-3-5-7-15)12-18-10-16(20)11-24(18)13-17-8-9-21-23(17)2/h3-9,16,18-19,25H,10-14H2,1-2H3/t16-,18-,19+/m0/s1. The number of likely N-dealkylation sites (N-methyl/N-ethyl adjacent to an activating group) is 1. The molecule has 0 radical (unpaired) electrons. The smallest absolute Gasteiger partial charge is 0.114 e. The van der Waals surface area contributed by atoms with Crippen molar-refractivity contribution in [2.75, 3.05) is 26.7 Å². The van der Waals surface area contributed by atoms with E-state index in [4.69, 9.17) is 0 Å². The highest BCUT2D eigenvalue weighted by Gasteiger charge is 2.33. The van der Waals surface area contributed by atoms with Crippen molar-refractivity contribution in [2.45, 2.75) is 31.3 Å². The number of hydrogen-bond donors (Lipinski definition) is 1. The predicted octanol–water partition coefficient (Wildman–Crippen LogP) is 2.00. The molecule has 1 aromatic heterocycles. The number of benzene rings is 1. The van der Waals surface area contributed by atoms with Crippen LogP contribution in [-0.2, 0) is 13.6 Å². The first kappa shape index (κ1) is 18.0. The van der Waals surface area contributed by atoms with Crippen molar-refractivity contribution < 1.29 is 9.50 Å². The minimum absolute atomic E-state index is 0.151. The summed E-state index contributed by atoms with van der Waals surface area (Å²) in [5.41, 5.74) is 2.00. The van der Waals surface area contributed by atoms with Crippen LogP contribution in [0.5, 0.6) is 0 Å². The quantitative estimate of drug-likeness (QED) is 0.833. The van der Waals surface area contributed by atoms with Gasteiger partial charge in [-0.2, -0.15) is 5.10 Å². The Hall–Kier alpha value is -1.76. The summed E-state index contributed by atoms with van der Waals surface area (Å²) in [4.78, 5) is 4.28. The lowest BCUT2D eigenvalue weighted by Crippen LogP contribution is -2.40. The van der Waals surface area contributed by atoms with Gasteiger partial charge in [-0.3, -0.25) is 9.58 Å². The number of nitrogens with zero attached hydrogens (tertiary/aromatic N) is 4. The van der Waals surface area contributed by atoms with Crippen LogP contribution in [0, 0.1) is 0 Å². The number of aliphatic hydroxyl groups is 1. The summed E-state index contributed by atoms with van der Waals surface area (Å²) in [7, 11) is 3.90. The molecule has 0 bridgehead atoms. The summed E-state index contributed by atoms with van der Waals surface area (Å²) in [6, 6.07) is 11.8. The van der Waals surface area contributed by atoms with E-state index in [0.717, 1.165) is 17.8 Å². The molecule has 5 nitrogen and oxygen atoms in total. The molecule has 6 heteroatoms. The fraction of sp³-hybridized carbons (Fsp3) is 0.526. The van der Waals surface area contributed by atoms with Crippen molar-refractivity contribution in [3.63, 3.8) is 0 Å². The Balaban J connectivity index is 1.57. The third-order valence-electron chi connectivity index (χ3n) is 4.96. The summed E-state index contributed by atoms with van der Waals surface area (Å²) in [5.74, 6) is 0. The van der Waals surface area contributed by atoms with Crippen molar-refractivity contribution >= 4 is 0 Å². The van der Waals surface area contributed by atoms with Gasteiger partial charge in [0.2, 0.25) is 0 Å². The molecular formula is C19H27FN4O. The Morgan fingerprint density at radius 1 is 1.32 bits per heavy atom. The summed E-state index contributed by atoms with van der Waals surface area (Å²) in [6.45, 7) is 2.45. The molecule has 0 spiro atoms. The van der Waals surface area contributed by atoms with Crippen LogP contribution < -0.4 is 0 Å². The zero-order chi connectivity index (χ0) is 17.8. The highest BCUT2D eigenvalue weighted by molar-refractivity contribution is 5.17. The molecule has 2 heterocycles. The Morgan fingerprint density at radius 3 is 2.76 bits per heavy atom. The van der Waals surface area contributed by atoms with Crippen LogP contribution in [0.3, 0.4) is 0 Å². The highest BCUT2D eigenvalue weighted by atomic mass is 19.1. The average molecular weight is 346 g/mol. The molecule has 3 atom stereocenters. The minimum atomic E-state index is -0.786. The summed E-state index contributed by atoms with van der Waals surface area (Å²) in [6.07, 6.45) is 1.00. The van der Waals surface area contributed by atoms with E-state index >= 15 is 0 Å². The number of likely N-dealkylation sites (tertiary alicyclic amines) is 1. The molecule has 0 aliphatic carbocycles. The Bertz CT molecular complexity index is 662. The zero-order valence-corrected chi connectivity index (χ0v) is 14.9. The average Bonchev–Trinajstić information content (AvgIpc) is 3.14. The van der Waals surface area contributed by atoms with Gasteiger partial charge >= 0.3 is 0 Å². The molecule has 1 aromatic carbocycles. The number of aliphatic hydroxyl groups excluding tert-OH is 1. The van der Waals surface area contributed by atoms with Gasteiger partial charge in [-0.05, 0) is 25.1 Å². The minimum Gasteiger partial charge on any atom is -0.387 e. The SMILES string of the molecule is CN(C[C@@H]1C[C@H](F)CN1Cc1ccnn1C)C[C@@H](O)c1ccccc1. The maximum Gasteiger partial charge on any atom is 0.114 e. The maximum absolute atomic E-state index is 14.0. The van der Waals surface area contributed by atoms with E-state index in [0.29, 0.717) is 26.1 Å². The van der Waals surface area contributed by atoms with E-state index in [9.17, 15) is 9.50 Å². The number of hydrogen-bond acceptors (Lipinski definition) is 4. The first-order valence-corrected chi connectivity index (χ1v) is 8.79. The Labute approximate surface area is 148 Å². The fourth-order valence-electron chi connectivity index (χ4n) is 3.58. The number of aryl methyl sites for hydroxylation is 1. The van der Waals surface area contributed by atoms with E-state index < -0.39 is 12.3 Å². The van der Waals surface area contributed by atoms with Gasteiger partial charge in [0.15, 0.2) is 0 Å². The lowest BCUT2D eigenvalue weighted by molar-refractivity contribution is 0.106. The molecule has 1 aliphatic rings. The number of halogens is 1. The predicted molar refractivity (Wildman–Crippen MR) is 95.8 cm³/mol. The largest absolute Gasteiger partial charge is 0.387 e. The van der Waals surface area contributed by atoms with Crippen LogP contribution in [-0.4, -0.2) is 63.6 Å². The molecule has 0 saturated carbocycles. The van der Waals surface area contributed by atoms with E-state index in [-0.39, 0.29) is 6.04 Å². The monoisotopic (exact) mass is 346 g/mol. The van der Waals surface area contributed by atoms with Gasteiger partial charge in [-0.25, -0.2) is 4.39 Å². The first-order valence-electron chi connectivity index (χ1n) is 8.79. The summed E-state index contributed by atoms with van der Waals surface area (Å²) >= 11 is 0. The van der Waals surface area contributed by atoms with Crippen LogP contribution in [0.25, 0.3) is 0 Å². The second-order valence-corrected chi connectivity index (χ2v) is 7.01. The first-order chi connectivity index (χ1) is 12.0. The highest BCUT2D eigenvalue weighted by Crippen LogP contribution is 2.24. The van der Waals surface area contributed by atoms with Crippen molar-refractivity contribution in [3.05, 3.63) is 53.9 Å². The lowest BCUT2D eigenvalue weighted by Gasteiger charge is -2.29. The van der Waals surface area contributed by atoms with Crippen molar-refractivity contribution in [2.24, 2.45) is 7.05 Å². The molecule has 0 unspecified atom stereocenters. The lowest BCUT2D eigenvalue weighted by atomic mass is 10.1. The molecule has 0 amide bonds. The molecule has 3 rings (SSSR count). The third kappa shape index (κ3) is 4.66. The fourth-order valence-corrected chi connectivity index (χ4v) is 3.58. The molecule has 1 N–H and O–H groups in total. The second kappa shape index (κ2) is 8.08. The normalized spacial score (nSPS) is 22.6. The van der Waals surface area contributed by atoms with Crippen LogP contribution in [0.4, 0.5) is 4.39 Å². The maximum atomic E-state index is 14.0. The number of aromatic nitrogens is 2. The van der Waals surface area contributed by atoms with Crippen LogP contribution in [0.2, 0.25) is 0 Å². The molecular weight excluding hydrogens is 319 g/mol. The van der Waals surface area contributed by atoms with Crippen molar-refractivity contribution in [3.8, 4) is 0 Å². The molecule has 1 fully saturated rings. The van der Waals surface area contributed by atoms with Gasteiger partial charge < -0.3 is 10.0 Å². The molecule has 1 aliphatic heterocycles. The zero-order valence-electron chi connectivity index (χ0n) is 14.9. The van der Waals surface area contributed by atoms with E-state index in [1.54, 1.807) is 6.20 Å². The van der Waals surface area contributed by atoms with Gasteiger partial charge in [-0.1, -0.05) is 30.3 Å². The Morgan fingerprint density at radius 2 is 2.08 bits per heavy atom. The molecule has 1 saturated heterocycles. The molecule has 25 heavy (non-hydrogen) atoms. The van der Waals surface area contributed by atoms with Crippen LogP contribution >= 0.6 is 0 Å². The van der Waals surface area contributed by atoms with Crippen molar-refractivity contribution in [1.29, 1.82) is 0 Å². The van der Waals surface area contributed by atoms with Crippen molar-refractivity contribution in [1.82, 2.24) is 19.6 Å². The van der Waals surface area contributed by atoms with E-state index in [1.807, 2.05) is 55.2 Å². The molecule has 2 aromatic rings. The van der Waals surface area contributed by atoms with Gasteiger partial charge in [0.05, 0.1) is 11.8 Å². The topological polar surface area (TPSA) is 44.5 Å². The third-order valence-corrected chi connectivity index (χ3v) is 4.96. The second-order valence-electron chi connectivity index (χ2n) is 7.01. The van der Waals surface area contributed by atoms with E-state index in [2.05, 4.69) is 14.9 Å². The van der Waals surface area contributed by atoms with Gasteiger partial charge in [0.25, 0.3) is 0 Å². The number of alkyl halides is 1.